The summed E-state index contributed by atoms with van der Waals surface area (Å²) in [6, 6.07) is 7.82. The Morgan fingerprint density at radius 1 is 1.16 bits per heavy atom. The van der Waals surface area contributed by atoms with Gasteiger partial charge in [0.2, 0.25) is 6.29 Å². The van der Waals surface area contributed by atoms with Crippen molar-refractivity contribution < 1.29 is 39.5 Å². The first-order valence-electron chi connectivity index (χ1n) is 9.94. The van der Waals surface area contributed by atoms with E-state index in [1.165, 1.54) is 4.88 Å². The molecule has 11 heteroatoms. The summed E-state index contributed by atoms with van der Waals surface area (Å²) in [6.07, 6.45) is -8.50. The molecule has 0 saturated carbocycles. The number of rotatable bonds is 5. The van der Waals surface area contributed by atoms with E-state index in [1.807, 2.05) is 16.3 Å². The van der Waals surface area contributed by atoms with Gasteiger partial charge in [-0.2, -0.15) is 0 Å². The molecule has 2 aliphatic heterocycles. The van der Waals surface area contributed by atoms with E-state index >= 15 is 0 Å². The Morgan fingerprint density at radius 3 is 2.62 bits per heavy atom. The molecule has 2 unspecified atom stereocenters. The topological polar surface area (TPSA) is 137 Å². The van der Waals surface area contributed by atoms with Crippen molar-refractivity contribution >= 4 is 34.9 Å². The summed E-state index contributed by atoms with van der Waals surface area (Å²) < 4.78 is 10.5. The molecule has 4 rings (SSSR count). The number of halogens is 1. The number of carbonyl (C=O) groups is 2. The van der Waals surface area contributed by atoms with Gasteiger partial charge in [0, 0.05) is 23.0 Å². The predicted molar refractivity (Wildman–Crippen MR) is 113 cm³/mol. The molecule has 1 aromatic heterocycles. The minimum atomic E-state index is -1.88. The Bertz CT molecular complexity index is 1000. The fourth-order valence-corrected chi connectivity index (χ4v) is 5.12. The normalized spacial score (nSPS) is 29.2. The van der Waals surface area contributed by atoms with Crippen molar-refractivity contribution in [2.75, 3.05) is 6.54 Å². The third-order valence-electron chi connectivity index (χ3n) is 5.67. The third kappa shape index (κ3) is 4.40. The highest BCUT2D eigenvalue weighted by atomic mass is 35.5. The van der Waals surface area contributed by atoms with Crippen LogP contribution < -0.4 is 0 Å². The molecule has 1 aromatic carbocycles. The summed E-state index contributed by atoms with van der Waals surface area (Å²) in [5.41, 5.74) is 1.57. The summed E-state index contributed by atoms with van der Waals surface area (Å²) in [7, 11) is 0. The van der Waals surface area contributed by atoms with Crippen molar-refractivity contribution in [3.63, 3.8) is 0 Å². The van der Waals surface area contributed by atoms with Crippen molar-refractivity contribution in [1.29, 1.82) is 0 Å². The average Bonchev–Trinajstić information content (AvgIpc) is 3.23. The van der Waals surface area contributed by atoms with Crippen molar-refractivity contribution in [3.05, 3.63) is 56.7 Å². The molecule has 9 nitrogen and oxygen atoms in total. The number of nitrogens with zero attached hydrogens (tertiary/aromatic N) is 1. The second kappa shape index (κ2) is 9.44. The summed E-state index contributed by atoms with van der Waals surface area (Å²) in [6.45, 7) is 1.02. The van der Waals surface area contributed by atoms with Gasteiger partial charge in [0.25, 0.3) is 0 Å². The van der Waals surface area contributed by atoms with E-state index in [4.69, 9.17) is 21.1 Å². The van der Waals surface area contributed by atoms with Crippen molar-refractivity contribution in [3.8, 4) is 0 Å². The van der Waals surface area contributed by atoms with Crippen LogP contribution in [0.25, 0.3) is 0 Å². The van der Waals surface area contributed by atoms with Crippen LogP contribution in [0, 0.1) is 0 Å². The van der Waals surface area contributed by atoms with Crippen molar-refractivity contribution in [1.82, 2.24) is 4.90 Å². The number of benzene rings is 1. The lowest BCUT2D eigenvalue weighted by Crippen LogP contribution is -2.61. The molecule has 1 saturated heterocycles. The molecular weight excluding hydrogens is 462 g/mol. The maximum atomic E-state index is 13.3. The lowest BCUT2D eigenvalue weighted by molar-refractivity contribution is -0.287. The monoisotopic (exact) mass is 483 g/mol. The first-order valence-corrected chi connectivity index (χ1v) is 11.2. The Morgan fingerprint density at radius 2 is 1.91 bits per heavy atom. The van der Waals surface area contributed by atoms with Crippen LogP contribution in [0.2, 0.25) is 5.02 Å². The van der Waals surface area contributed by atoms with Gasteiger partial charge in [0.1, 0.15) is 24.4 Å². The average molecular weight is 484 g/mol. The van der Waals surface area contributed by atoms with Crippen LogP contribution >= 0.6 is 22.9 Å². The molecule has 32 heavy (non-hydrogen) atoms. The van der Waals surface area contributed by atoms with Gasteiger partial charge in [-0.15, -0.1) is 11.3 Å². The van der Waals surface area contributed by atoms with Crippen LogP contribution in [-0.4, -0.2) is 74.5 Å². The minimum Gasteiger partial charge on any atom is -0.479 e. The molecule has 1 fully saturated rings. The lowest BCUT2D eigenvalue weighted by Gasteiger charge is -2.39. The molecule has 0 amide bonds. The molecule has 0 radical (unpaired) electrons. The zero-order valence-corrected chi connectivity index (χ0v) is 18.3. The Labute approximate surface area is 192 Å². The number of aliphatic hydroxyl groups excluding tert-OH is 3. The smallest absolute Gasteiger partial charge is 0.335 e. The Kier molecular flexibility index (Phi) is 6.82. The highest BCUT2D eigenvalue weighted by molar-refractivity contribution is 7.10. The van der Waals surface area contributed by atoms with E-state index in [1.54, 1.807) is 35.6 Å². The maximum Gasteiger partial charge on any atom is 0.335 e. The van der Waals surface area contributed by atoms with Crippen molar-refractivity contribution in [2.45, 2.75) is 49.7 Å². The molecule has 0 bridgehead atoms. The number of esters is 1. The van der Waals surface area contributed by atoms with Crippen LogP contribution in [0.3, 0.4) is 0 Å². The van der Waals surface area contributed by atoms with Gasteiger partial charge in [-0.25, -0.2) is 9.59 Å². The summed E-state index contributed by atoms with van der Waals surface area (Å²) in [5, 5.41) is 41.7. The van der Waals surface area contributed by atoms with Gasteiger partial charge < -0.3 is 29.9 Å². The quantitative estimate of drug-likeness (QED) is 0.458. The van der Waals surface area contributed by atoms with E-state index in [0.717, 1.165) is 12.0 Å². The summed E-state index contributed by atoms with van der Waals surface area (Å²) in [4.78, 5) is 27.8. The molecule has 4 N–H and O–H groups in total. The van der Waals surface area contributed by atoms with Crippen LogP contribution in [-0.2, 0) is 32.0 Å². The molecule has 172 valence electrons. The fourth-order valence-electron chi connectivity index (χ4n) is 3.99. The largest absolute Gasteiger partial charge is 0.479 e. The van der Waals surface area contributed by atoms with Crippen LogP contribution in [0.4, 0.5) is 0 Å². The minimum absolute atomic E-state index is 0.342. The molecule has 2 aliphatic rings. The van der Waals surface area contributed by atoms with Crippen LogP contribution in [0.15, 0.2) is 35.7 Å². The zero-order chi connectivity index (χ0) is 23.0. The Hall–Kier alpha value is -2.05. The molecule has 2 aromatic rings. The van der Waals surface area contributed by atoms with Crippen LogP contribution in [0.5, 0.6) is 0 Å². The third-order valence-corrected chi connectivity index (χ3v) is 7.04. The molecule has 3 heterocycles. The lowest BCUT2D eigenvalue weighted by atomic mass is 9.98. The standard InChI is InChI=1S/C21H22ClNO8S/c22-12-4-2-1-3-11(12)14(23-7-5-13-10(9-23)6-8-32-13)20(29)31-21-17(26)15(24)16(25)18(30-21)19(27)28/h1-4,6,8,14-18,21,24-26H,5,7,9H2,(H,27,28)/t14?,15-,16-,17-,18?,21-/m1/s1. The highest BCUT2D eigenvalue weighted by Crippen LogP contribution is 2.35. The number of aliphatic hydroxyl groups is 3. The number of carboxylic acids is 1. The van der Waals surface area contributed by atoms with E-state index in [2.05, 4.69) is 0 Å². The number of hydrogen-bond donors (Lipinski definition) is 4. The first-order chi connectivity index (χ1) is 15.3. The summed E-state index contributed by atoms with van der Waals surface area (Å²) in [5.74, 6) is -2.39. The van der Waals surface area contributed by atoms with Gasteiger partial charge in [0.05, 0.1) is 0 Å². The van der Waals surface area contributed by atoms with E-state index < -0.39 is 48.7 Å². The highest BCUT2D eigenvalue weighted by Gasteiger charge is 2.49. The number of carbonyl (C=O) groups excluding carboxylic acids is 1. The van der Waals surface area contributed by atoms with Gasteiger partial charge in [-0.3, -0.25) is 4.90 Å². The second-order valence-electron chi connectivity index (χ2n) is 7.69. The number of fused-ring (bicyclic) bond motifs is 1. The predicted octanol–water partition coefficient (Wildman–Crippen LogP) is 0.936. The van der Waals surface area contributed by atoms with Gasteiger partial charge in [0.15, 0.2) is 6.10 Å². The number of ether oxygens (including phenoxy) is 2. The molecular formula is C21H22ClNO8S. The number of thiophene rings is 1. The zero-order valence-electron chi connectivity index (χ0n) is 16.7. The van der Waals surface area contributed by atoms with E-state index in [9.17, 15) is 30.0 Å². The van der Waals surface area contributed by atoms with Gasteiger partial charge in [-0.05, 0) is 35.1 Å². The first kappa shape index (κ1) is 23.1. The fraction of sp³-hybridized carbons (Fsp3) is 0.429. The number of carboxylic acid groups (broad SMARTS) is 1. The maximum absolute atomic E-state index is 13.3. The van der Waals surface area contributed by atoms with Crippen LogP contribution in [0.1, 0.15) is 22.0 Å². The van der Waals surface area contributed by atoms with Gasteiger partial charge in [-0.1, -0.05) is 29.8 Å². The number of hydrogen-bond acceptors (Lipinski definition) is 9. The van der Waals surface area contributed by atoms with Crippen molar-refractivity contribution in [2.24, 2.45) is 0 Å². The number of aliphatic carboxylic acids is 1. The SMILES string of the molecule is O=C(O)C1O[C@H](OC(=O)C(c2ccccc2Cl)N2CCc3sccc3C2)[C@H](O)[C@H](O)[C@H]1O. The van der Waals surface area contributed by atoms with Gasteiger partial charge >= 0.3 is 11.9 Å². The Balaban J connectivity index is 1.61. The van der Waals surface area contributed by atoms with E-state index in [-0.39, 0.29) is 0 Å². The molecule has 0 spiro atoms. The second-order valence-corrected chi connectivity index (χ2v) is 9.09. The molecule has 6 atom stereocenters. The summed E-state index contributed by atoms with van der Waals surface area (Å²) >= 11 is 8.03. The molecule has 0 aliphatic carbocycles. The van der Waals surface area contributed by atoms with E-state index in [0.29, 0.717) is 23.7 Å².